The van der Waals surface area contributed by atoms with Crippen LogP contribution in [0, 0.1) is 6.92 Å². The Kier molecular flexibility index (Phi) is 9.99. The second-order valence-electron chi connectivity index (χ2n) is 22.3. The van der Waals surface area contributed by atoms with Gasteiger partial charge < -0.3 is 14.7 Å². The molecule has 0 unspecified atom stereocenters. The third-order valence-electron chi connectivity index (χ3n) is 15.3. The van der Waals surface area contributed by atoms with Gasteiger partial charge in [0.05, 0.1) is 11.4 Å². The summed E-state index contributed by atoms with van der Waals surface area (Å²) in [6.07, 6.45) is 0. The second kappa shape index (κ2) is 16.0. The number of anilines is 9. The molecule has 4 heteroatoms. The molecule has 9 aromatic carbocycles. The molecule has 0 saturated carbocycles. The Balaban J connectivity index is 1.19. The maximum atomic E-state index is 2.64. The molecule has 0 radical (unpaired) electrons. The molecule has 0 amide bonds. The van der Waals surface area contributed by atoms with Crippen molar-refractivity contribution in [1.82, 2.24) is 0 Å². The van der Waals surface area contributed by atoms with Crippen LogP contribution in [0.3, 0.4) is 0 Å². The van der Waals surface area contributed by atoms with Crippen LogP contribution in [-0.4, -0.2) is 6.71 Å². The van der Waals surface area contributed by atoms with E-state index in [0.717, 1.165) is 22.7 Å². The summed E-state index contributed by atoms with van der Waals surface area (Å²) in [5, 5.41) is 0. The molecule has 70 heavy (non-hydrogen) atoms. The highest BCUT2D eigenvalue weighted by Gasteiger charge is 2.47. The summed E-state index contributed by atoms with van der Waals surface area (Å²) in [5.41, 5.74) is 25.9. The Morgan fingerprint density at radius 2 is 0.971 bits per heavy atom. The minimum Gasteiger partial charge on any atom is -0.311 e. The quantitative estimate of drug-likeness (QED) is 0.154. The van der Waals surface area contributed by atoms with Crippen molar-refractivity contribution in [3.63, 3.8) is 0 Å². The van der Waals surface area contributed by atoms with E-state index in [4.69, 9.17) is 0 Å². The average Bonchev–Trinajstić information content (AvgIpc) is 3.60. The van der Waals surface area contributed by atoms with Crippen molar-refractivity contribution in [2.24, 2.45) is 0 Å². The van der Waals surface area contributed by atoms with Crippen molar-refractivity contribution in [2.45, 2.75) is 78.6 Å². The van der Waals surface area contributed by atoms with Gasteiger partial charge in [0.25, 0.3) is 6.71 Å². The molecule has 0 bridgehead atoms. The number of aryl methyl sites for hydroxylation is 1. The minimum absolute atomic E-state index is 0.0441. The van der Waals surface area contributed by atoms with Crippen LogP contribution < -0.4 is 31.1 Å². The number of rotatable bonds is 6. The van der Waals surface area contributed by atoms with Crippen molar-refractivity contribution in [3.05, 3.63) is 228 Å². The zero-order chi connectivity index (χ0) is 48.3. The van der Waals surface area contributed by atoms with Gasteiger partial charge in [0.1, 0.15) is 0 Å². The average molecular weight is 906 g/mol. The third kappa shape index (κ3) is 6.86. The molecule has 0 atom stereocenters. The number of fused-ring (bicyclic) bond motifs is 7. The van der Waals surface area contributed by atoms with Crippen LogP contribution in [0.5, 0.6) is 0 Å². The van der Waals surface area contributed by atoms with Crippen molar-refractivity contribution < 1.29 is 0 Å². The van der Waals surface area contributed by atoms with Crippen LogP contribution >= 0.6 is 0 Å². The molecule has 3 nitrogen and oxygen atoms in total. The van der Waals surface area contributed by atoms with Crippen LogP contribution in [0.2, 0.25) is 0 Å². The van der Waals surface area contributed by atoms with E-state index >= 15 is 0 Å². The first-order valence-corrected chi connectivity index (χ1v) is 25.1. The molecular weight excluding hydrogens is 846 g/mol. The number of hydrogen-bond acceptors (Lipinski definition) is 3. The van der Waals surface area contributed by atoms with E-state index in [0.29, 0.717) is 0 Å². The zero-order valence-electron chi connectivity index (χ0n) is 42.0. The first-order chi connectivity index (χ1) is 33.7. The van der Waals surface area contributed by atoms with E-state index in [9.17, 15) is 0 Å². The van der Waals surface area contributed by atoms with E-state index in [1.54, 1.807) is 0 Å². The highest BCUT2D eigenvalue weighted by Crippen LogP contribution is 2.56. The lowest BCUT2D eigenvalue weighted by Crippen LogP contribution is -2.61. The molecule has 3 aliphatic rings. The molecular formula is C66H60BN3. The molecule has 0 N–H and O–H groups in total. The van der Waals surface area contributed by atoms with Crippen molar-refractivity contribution in [2.75, 3.05) is 14.7 Å². The molecule has 12 rings (SSSR count). The Hall–Kier alpha value is -7.56. The van der Waals surface area contributed by atoms with Gasteiger partial charge in [-0.1, -0.05) is 183 Å². The lowest BCUT2D eigenvalue weighted by molar-refractivity contribution is 0.590. The summed E-state index contributed by atoms with van der Waals surface area (Å²) in [4.78, 5) is 7.66. The highest BCUT2D eigenvalue weighted by atomic mass is 15.2. The topological polar surface area (TPSA) is 9.72 Å². The third-order valence-corrected chi connectivity index (χ3v) is 15.3. The maximum absolute atomic E-state index is 2.64. The molecule has 2 heterocycles. The fraction of sp³-hybridized carbons (Fsp3) is 0.182. The van der Waals surface area contributed by atoms with E-state index < -0.39 is 0 Å². The summed E-state index contributed by atoms with van der Waals surface area (Å²) < 4.78 is 0. The van der Waals surface area contributed by atoms with Crippen molar-refractivity contribution in [1.29, 1.82) is 0 Å². The first kappa shape index (κ1) is 43.7. The van der Waals surface area contributed by atoms with Gasteiger partial charge in [0, 0.05) is 50.8 Å². The number of benzene rings is 9. The van der Waals surface area contributed by atoms with Gasteiger partial charge in [-0.3, -0.25) is 0 Å². The molecule has 0 aromatic heterocycles. The van der Waals surface area contributed by atoms with Gasteiger partial charge in [0.15, 0.2) is 0 Å². The van der Waals surface area contributed by atoms with Gasteiger partial charge >= 0.3 is 0 Å². The van der Waals surface area contributed by atoms with Crippen molar-refractivity contribution in [3.8, 4) is 22.3 Å². The molecule has 342 valence electrons. The van der Waals surface area contributed by atoms with E-state index in [2.05, 4.69) is 277 Å². The molecule has 0 fully saturated rings. The predicted octanol–water partition coefficient (Wildman–Crippen LogP) is 16.1. The molecule has 0 spiro atoms. The SMILES string of the molecule is Cc1cc2c3c(c1)N(c1cccc4c1C(C)(C)c1ccccc1-4)c1ccc(C(C)(C)C)cc1B3c1ccc(N(c3ccccc3)c3ccccc3)cc1N2c1ccc(C(C)(C)C)cc1-c1ccccc1. The summed E-state index contributed by atoms with van der Waals surface area (Å²) in [7, 11) is 0. The Labute approximate surface area is 415 Å². The van der Waals surface area contributed by atoms with Crippen molar-refractivity contribution >= 4 is 74.3 Å². The fourth-order valence-electron chi connectivity index (χ4n) is 11.9. The Bertz CT molecular complexity index is 3470. The molecule has 1 aliphatic carbocycles. The summed E-state index contributed by atoms with van der Waals surface area (Å²) in [6.45, 7) is 21.1. The molecule has 0 saturated heterocycles. The number of hydrogen-bond donors (Lipinski definition) is 0. The van der Waals surface area contributed by atoms with Gasteiger partial charge in [-0.05, 0) is 151 Å². The smallest absolute Gasteiger partial charge is 0.252 e. The normalized spacial score (nSPS) is 14.1. The highest BCUT2D eigenvalue weighted by molar-refractivity contribution is 7.00. The van der Waals surface area contributed by atoms with Gasteiger partial charge in [-0.2, -0.15) is 0 Å². The largest absolute Gasteiger partial charge is 0.311 e. The molecule has 9 aromatic rings. The first-order valence-electron chi connectivity index (χ1n) is 25.1. The van der Waals surface area contributed by atoms with Gasteiger partial charge in [-0.25, -0.2) is 0 Å². The fourth-order valence-corrected chi connectivity index (χ4v) is 11.9. The maximum Gasteiger partial charge on any atom is 0.252 e. The summed E-state index contributed by atoms with van der Waals surface area (Å²) >= 11 is 0. The zero-order valence-corrected chi connectivity index (χ0v) is 42.0. The van der Waals surface area contributed by atoms with Gasteiger partial charge in [-0.15, -0.1) is 0 Å². The lowest BCUT2D eigenvalue weighted by atomic mass is 9.33. The van der Waals surface area contributed by atoms with E-state index in [1.807, 2.05) is 0 Å². The predicted molar refractivity (Wildman–Crippen MR) is 300 cm³/mol. The monoisotopic (exact) mass is 905 g/mol. The molecule has 2 aliphatic heterocycles. The lowest BCUT2D eigenvalue weighted by Gasteiger charge is -2.46. The standard InChI is InChI=1S/C66H60BN3/c1-43-38-60-63-61(39-43)70(58-31-21-29-51-50-28-19-20-30-53(50)66(8,9)62(51)58)57-37-33-46(65(5,6)7)41-55(57)67(63)54-35-34-49(68(47-24-15-11-16-25-47)48-26-17-12-18-27-48)42-59(54)69(60)56-36-32-45(64(2,3)4)40-52(56)44-22-13-10-14-23-44/h10-42H,1-9H3. The number of para-hydroxylation sites is 2. The number of nitrogens with zero attached hydrogens (tertiary/aromatic N) is 3. The summed E-state index contributed by atoms with van der Waals surface area (Å²) in [5.74, 6) is 0. The Morgan fingerprint density at radius 3 is 1.61 bits per heavy atom. The van der Waals surface area contributed by atoms with Gasteiger partial charge in [0.2, 0.25) is 0 Å². The van der Waals surface area contributed by atoms with Crippen LogP contribution in [0.1, 0.15) is 83.2 Å². The van der Waals surface area contributed by atoms with E-state index in [-0.39, 0.29) is 23.0 Å². The van der Waals surface area contributed by atoms with Crippen LogP contribution in [-0.2, 0) is 16.2 Å². The van der Waals surface area contributed by atoms with Crippen LogP contribution in [0.4, 0.5) is 51.2 Å². The van der Waals surface area contributed by atoms with Crippen LogP contribution in [0.15, 0.2) is 200 Å². The second-order valence-corrected chi connectivity index (χ2v) is 22.3. The van der Waals surface area contributed by atoms with E-state index in [1.165, 1.54) is 94.9 Å². The van der Waals surface area contributed by atoms with Crippen LogP contribution in [0.25, 0.3) is 22.3 Å². The summed E-state index contributed by atoms with van der Waals surface area (Å²) in [6, 6.07) is 75.5. The Morgan fingerprint density at radius 1 is 0.414 bits per heavy atom. The minimum atomic E-state index is -0.216.